The number of nitriles is 1. The largest absolute Gasteiger partial charge is 0.497 e. The third kappa shape index (κ3) is 5.38. The molecule has 3 aromatic rings. The maximum atomic E-state index is 13.3. The van der Waals surface area contributed by atoms with Gasteiger partial charge < -0.3 is 20.5 Å². The Morgan fingerprint density at radius 3 is 2.67 bits per heavy atom. The zero-order valence-corrected chi connectivity index (χ0v) is 23.5. The van der Waals surface area contributed by atoms with Gasteiger partial charge in [-0.2, -0.15) is 5.26 Å². The zero-order chi connectivity index (χ0) is 28.2. The Kier molecular flexibility index (Phi) is 8.04. The van der Waals surface area contributed by atoms with Crippen molar-refractivity contribution < 1.29 is 19.1 Å². The number of thioether (sulfide) groups is 1. The lowest BCUT2D eigenvalue weighted by Crippen LogP contribution is -2.38. The van der Waals surface area contributed by atoms with Crippen molar-refractivity contribution in [2.45, 2.75) is 29.5 Å². The van der Waals surface area contributed by atoms with Crippen molar-refractivity contribution in [2.24, 2.45) is 5.73 Å². The van der Waals surface area contributed by atoms with Crippen molar-refractivity contribution in [3.05, 3.63) is 76.8 Å². The molecule has 3 N–H and O–H groups in total. The van der Waals surface area contributed by atoms with E-state index in [1.165, 1.54) is 23.1 Å². The highest BCUT2D eigenvalue weighted by Gasteiger charge is 2.41. The van der Waals surface area contributed by atoms with Gasteiger partial charge in [-0.3, -0.25) is 14.5 Å². The number of benzene rings is 2. The van der Waals surface area contributed by atoms with E-state index in [1.807, 2.05) is 24.3 Å². The van der Waals surface area contributed by atoms with Crippen LogP contribution in [-0.4, -0.2) is 41.9 Å². The predicted molar refractivity (Wildman–Crippen MR) is 153 cm³/mol. The van der Waals surface area contributed by atoms with Crippen LogP contribution >= 0.6 is 23.1 Å². The fourth-order valence-corrected chi connectivity index (χ4v) is 6.49. The summed E-state index contributed by atoms with van der Waals surface area (Å²) in [5.74, 6) is 0.861. The highest BCUT2D eigenvalue weighted by atomic mass is 32.2. The highest BCUT2D eigenvalue weighted by molar-refractivity contribution is 8.01. The molecule has 12 heteroatoms. The lowest BCUT2D eigenvalue weighted by atomic mass is 9.76. The molecule has 1 aliphatic carbocycles. The molecule has 0 saturated carbocycles. The standard InChI is InChI=1S/C28H26N6O4S2/c1-37-18-11-9-17(10-12-18)31-23(36)15-39-28-33-32-27(40-28)34-21-7-4-8-22(35)25(21)24(20(14-29)26(34)30)16-5-3-6-19(13-16)38-2/h3,5-6,9-13,24H,4,7-8,15,30H2,1-2H3,(H,31,36). The average molecular weight is 575 g/mol. The summed E-state index contributed by atoms with van der Waals surface area (Å²) in [6, 6.07) is 16.6. The number of carbonyl (C=O) groups excluding carboxylic acids is 2. The number of nitrogens with zero attached hydrogens (tertiary/aromatic N) is 4. The summed E-state index contributed by atoms with van der Waals surface area (Å²) in [4.78, 5) is 27.5. The van der Waals surface area contributed by atoms with E-state index in [0.29, 0.717) is 51.5 Å². The van der Waals surface area contributed by atoms with Crippen LogP contribution in [0.5, 0.6) is 11.5 Å². The Bertz CT molecular complexity index is 1560. The van der Waals surface area contributed by atoms with Gasteiger partial charge in [-0.15, -0.1) is 10.2 Å². The Balaban J connectivity index is 1.40. The second-order valence-corrected chi connectivity index (χ2v) is 11.2. The number of aromatic nitrogens is 2. The first-order valence-corrected chi connectivity index (χ1v) is 14.2. The quantitative estimate of drug-likeness (QED) is 0.367. The SMILES string of the molecule is COc1ccc(NC(=O)CSc2nnc(N3C(N)=C(C#N)C(c4cccc(OC)c4)C4=C3CCCC4=O)s2)cc1. The topological polar surface area (TPSA) is 143 Å². The first-order chi connectivity index (χ1) is 19.4. The van der Waals surface area contributed by atoms with E-state index in [2.05, 4.69) is 21.6 Å². The van der Waals surface area contributed by atoms with E-state index < -0.39 is 5.92 Å². The number of allylic oxidation sites excluding steroid dienone is 3. The van der Waals surface area contributed by atoms with Crippen LogP contribution in [0.2, 0.25) is 0 Å². The molecule has 1 aliphatic heterocycles. The summed E-state index contributed by atoms with van der Waals surface area (Å²) in [6.45, 7) is 0. The summed E-state index contributed by atoms with van der Waals surface area (Å²) < 4.78 is 11.1. The Labute approximate surface area is 239 Å². The average Bonchev–Trinajstić information content (AvgIpc) is 3.44. The number of amides is 1. The molecule has 0 saturated heterocycles. The van der Waals surface area contributed by atoms with Crippen molar-refractivity contribution in [1.82, 2.24) is 10.2 Å². The van der Waals surface area contributed by atoms with Crippen LogP contribution in [0.4, 0.5) is 10.8 Å². The maximum Gasteiger partial charge on any atom is 0.234 e. The van der Waals surface area contributed by atoms with Gasteiger partial charge in [-0.25, -0.2) is 0 Å². The molecule has 1 unspecified atom stereocenters. The minimum atomic E-state index is -0.595. The maximum absolute atomic E-state index is 13.3. The van der Waals surface area contributed by atoms with E-state index in [-0.39, 0.29) is 28.8 Å². The molecule has 2 aliphatic rings. The molecule has 1 atom stereocenters. The van der Waals surface area contributed by atoms with Gasteiger partial charge in [0.25, 0.3) is 0 Å². The fourth-order valence-electron chi connectivity index (χ4n) is 4.81. The number of Topliss-reactive ketones (excluding diaryl/α,β-unsaturated/α-hetero) is 1. The summed E-state index contributed by atoms with van der Waals surface area (Å²) >= 11 is 2.49. The second-order valence-electron chi connectivity index (χ2n) is 9.01. The number of nitrogens with one attached hydrogen (secondary N) is 1. The third-order valence-corrected chi connectivity index (χ3v) is 8.67. The molecule has 5 rings (SSSR count). The lowest BCUT2D eigenvalue weighted by Gasteiger charge is -2.38. The normalized spacial score (nSPS) is 16.9. The van der Waals surface area contributed by atoms with Crippen LogP contribution < -0.4 is 25.4 Å². The fraction of sp³-hybridized carbons (Fsp3) is 0.250. The molecule has 40 heavy (non-hydrogen) atoms. The van der Waals surface area contributed by atoms with Gasteiger partial charge in [0.1, 0.15) is 17.3 Å². The van der Waals surface area contributed by atoms with Crippen molar-refractivity contribution >= 4 is 45.6 Å². The van der Waals surface area contributed by atoms with E-state index in [0.717, 1.165) is 11.3 Å². The van der Waals surface area contributed by atoms with Crippen LogP contribution in [0.25, 0.3) is 0 Å². The predicted octanol–water partition coefficient (Wildman–Crippen LogP) is 4.59. The summed E-state index contributed by atoms with van der Waals surface area (Å²) in [5, 5.41) is 22.0. The number of ketones is 1. The molecule has 2 aromatic carbocycles. The molecular formula is C28H26N6O4S2. The summed E-state index contributed by atoms with van der Waals surface area (Å²) in [5.41, 5.74) is 9.59. The van der Waals surface area contributed by atoms with Crippen LogP contribution in [0.3, 0.4) is 0 Å². The number of anilines is 2. The Morgan fingerprint density at radius 1 is 1.18 bits per heavy atom. The van der Waals surface area contributed by atoms with Crippen LogP contribution in [0.15, 0.2) is 75.5 Å². The lowest BCUT2D eigenvalue weighted by molar-refractivity contribution is -0.116. The van der Waals surface area contributed by atoms with Crippen LogP contribution in [0, 0.1) is 11.3 Å². The van der Waals surface area contributed by atoms with Gasteiger partial charge in [0, 0.05) is 23.4 Å². The van der Waals surface area contributed by atoms with Crippen molar-refractivity contribution in [3.63, 3.8) is 0 Å². The Hall–Kier alpha value is -4.34. The number of carbonyl (C=O) groups is 2. The van der Waals surface area contributed by atoms with Crippen molar-refractivity contribution in [2.75, 3.05) is 30.2 Å². The molecule has 10 nitrogen and oxygen atoms in total. The van der Waals surface area contributed by atoms with E-state index >= 15 is 0 Å². The number of rotatable bonds is 8. The number of hydrogen-bond donors (Lipinski definition) is 2. The minimum Gasteiger partial charge on any atom is -0.497 e. The summed E-state index contributed by atoms with van der Waals surface area (Å²) in [7, 11) is 3.15. The molecule has 0 fully saturated rings. The van der Waals surface area contributed by atoms with Gasteiger partial charge in [0.05, 0.1) is 37.5 Å². The van der Waals surface area contributed by atoms with Crippen molar-refractivity contribution in [3.8, 4) is 17.6 Å². The van der Waals surface area contributed by atoms with E-state index in [1.54, 1.807) is 43.4 Å². The molecule has 0 bridgehead atoms. The van der Waals surface area contributed by atoms with Crippen molar-refractivity contribution in [1.29, 1.82) is 5.26 Å². The van der Waals surface area contributed by atoms with E-state index in [9.17, 15) is 14.9 Å². The smallest absolute Gasteiger partial charge is 0.234 e. The van der Waals surface area contributed by atoms with Crippen LogP contribution in [0.1, 0.15) is 30.7 Å². The molecule has 0 radical (unpaired) electrons. The molecule has 204 valence electrons. The van der Waals surface area contributed by atoms with Gasteiger partial charge in [0.15, 0.2) is 10.1 Å². The minimum absolute atomic E-state index is 0.0198. The monoisotopic (exact) mass is 574 g/mol. The number of nitrogens with two attached hydrogens (primary N) is 1. The number of ether oxygens (including phenoxy) is 2. The van der Waals surface area contributed by atoms with E-state index in [4.69, 9.17) is 15.2 Å². The number of methoxy groups -OCH3 is 2. The number of hydrogen-bond acceptors (Lipinski definition) is 11. The van der Waals surface area contributed by atoms with Gasteiger partial charge in [-0.1, -0.05) is 35.2 Å². The highest BCUT2D eigenvalue weighted by Crippen LogP contribution is 2.47. The Morgan fingerprint density at radius 2 is 1.95 bits per heavy atom. The first-order valence-electron chi connectivity index (χ1n) is 12.4. The van der Waals surface area contributed by atoms with Gasteiger partial charge in [-0.05, 0) is 54.8 Å². The van der Waals surface area contributed by atoms with Crippen LogP contribution in [-0.2, 0) is 9.59 Å². The zero-order valence-electron chi connectivity index (χ0n) is 21.8. The second kappa shape index (κ2) is 11.8. The summed E-state index contributed by atoms with van der Waals surface area (Å²) in [6.07, 6.45) is 1.67. The first kappa shape index (κ1) is 27.2. The molecule has 2 heterocycles. The molecule has 1 aromatic heterocycles. The van der Waals surface area contributed by atoms with Gasteiger partial charge >= 0.3 is 0 Å². The third-order valence-electron chi connectivity index (χ3n) is 6.63. The molecular weight excluding hydrogens is 548 g/mol. The molecule has 0 spiro atoms. The molecule has 1 amide bonds. The van der Waals surface area contributed by atoms with Gasteiger partial charge in [0.2, 0.25) is 11.0 Å².